The molecule has 0 saturated carbocycles. The maximum absolute atomic E-state index is 3.56. The van der Waals surface area contributed by atoms with Crippen LogP contribution in [-0.4, -0.2) is 25.7 Å². The zero-order valence-corrected chi connectivity index (χ0v) is 11.3. The first-order valence-electron chi connectivity index (χ1n) is 6.82. The summed E-state index contributed by atoms with van der Waals surface area (Å²) in [6, 6.07) is 7.56. The van der Waals surface area contributed by atoms with Crippen molar-refractivity contribution in [3.05, 3.63) is 29.3 Å². The van der Waals surface area contributed by atoms with Crippen molar-refractivity contribution >= 4 is 5.69 Å². The molecule has 0 amide bonds. The summed E-state index contributed by atoms with van der Waals surface area (Å²) in [6.45, 7) is 10.1. The second-order valence-electron chi connectivity index (χ2n) is 4.97. The third kappa shape index (κ3) is 2.81. The van der Waals surface area contributed by atoms with Crippen LogP contribution in [0.25, 0.3) is 0 Å². The minimum atomic E-state index is 0.648. The molecule has 1 aliphatic rings. The predicted octanol–water partition coefficient (Wildman–Crippen LogP) is 2.75. The number of hydrogen-bond donors (Lipinski definition) is 1. The molecule has 17 heavy (non-hydrogen) atoms. The monoisotopic (exact) mass is 232 g/mol. The average molecular weight is 232 g/mol. The van der Waals surface area contributed by atoms with Crippen LogP contribution in [0.3, 0.4) is 0 Å². The largest absolute Gasteiger partial charge is 0.369 e. The van der Waals surface area contributed by atoms with E-state index in [1.165, 1.54) is 23.2 Å². The molecule has 2 nitrogen and oxygen atoms in total. The molecule has 0 spiro atoms. The SMILES string of the molecule is CCc1ccc(N2CCNC(CC)C2)cc1C. The van der Waals surface area contributed by atoms with E-state index in [0.29, 0.717) is 6.04 Å². The van der Waals surface area contributed by atoms with E-state index in [1.807, 2.05) is 0 Å². The van der Waals surface area contributed by atoms with Crippen molar-refractivity contribution in [2.75, 3.05) is 24.5 Å². The summed E-state index contributed by atoms with van der Waals surface area (Å²) in [4.78, 5) is 2.51. The molecule has 1 atom stereocenters. The van der Waals surface area contributed by atoms with Gasteiger partial charge in [0, 0.05) is 31.4 Å². The smallest absolute Gasteiger partial charge is 0.0370 e. The van der Waals surface area contributed by atoms with Crippen molar-refractivity contribution in [2.45, 2.75) is 39.7 Å². The number of nitrogens with one attached hydrogen (secondary N) is 1. The van der Waals surface area contributed by atoms with E-state index in [1.54, 1.807) is 0 Å². The zero-order chi connectivity index (χ0) is 12.3. The summed E-state index contributed by atoms with van der Waals surface area (Å²) in [5, 5.41) is 3.56. The first kappa shape index (κ1) is 12.4. The Morgan fingerprint density at radius 2 is 2.18 bits per heavy atom. The highest BCUT2D eigenvalue weighted by Crippen LogP contribution is 2.21. The number of nitrogens with zero attached hydrogens (tertiary/aromatic N) is 1. The van der Waals surface area contributed by atoms with E-state index in [0.717, 1.165) is 26.1 Å². The second kappa shape index (κ2) is 5.54. The summed E-state index contributed by atoms with van der Waals surface area (Å²) in [6.07, 6.45) is 2.34. The van der Waals surface area contributed by atoms with Crippen molar-refractivity contribution in [3.8, 4) is 0 Å². The molecule has 94 valence electrons. The van der Waals surface area contributed by atoms with Crippen LogP contribution in [0.2, 0.25) is 0 Å². The molecule has 1 N–H and O–H groups in total. The lowest BCUT2D eigenvalue weighted by Crippen LogP contribution is -2.50. The van der Waals surface area contributed by atoms with Gasteiger partial charge < -0.3 is 10.2 Å². The van der Waals surface area contributed by atoms with E-state index < -0.39 is 0 Å². The Balaban J connectivity index is 2.13. The van der Waals surface area contributed by atoms with E-state index >= 15 is 0 Å². The van der Waals surface area contributed by atoms with Crippen molar-refractivity contribution in [2.24, 2.45) is 0 Å². The molecule has 1 aliphatic heterocycles. The van der Waals surface area contributed by atoms with Gasteiger partial charge in [0.2, 0.25) is 0 Å². The van der Waals surface area contributed by atoms with Gasteiger partial charge in [-0.15, -0.1) is 0 Å². The maximum Gasteiger partial charge on any atom is 0.0370 e. The first-order valence-corrected chi connectivity index (χ1v) is 6.82. The standard InChI is InChI=1S/C15H24N2/c1-4-13-6-7-15(10-12(13)3)17-9-8-16-14(5-2)11-17/h6-7,10,14,16H,4-5,8-9,11H2,1-3H3. The van der Waals surface area contributed by atoms with Gasteiger partial charge in [-0.3, -0.25) is 0 Å². The number of aryl methyl sites for hydroxylation is 2. The van der Waals surface area contributed by atoms with Gasteiger partial charge in [0.05, 0.1) is 0 Å². The van der Waals surface area contributed by atoms with Gasteiger partial charge in [-0.05, 0) is 43.0 Å². The van der Waals surface area contributed by atoms with Crippen LogP contribution in [-0.2, 0) is 6.42 Å². The molecule has 0 aromatic heterocycles. The fourth-order valence-corrected chi connectivity index (χ4v) is 2.61. The number of rotatable bonds is 3. The quantitative estimate of drug-likeness (QED) is 0.862. The Kier molecular flexibility index (Phi) is 4.06. The molecule has 0 radical (unpaired) electrons. The molecule has 0 bridgehead atoms. The third-order valence-corrected chi connectivity index (χ3v) is 3.82. The van der Waals surface area contributed by atoms with Gasteiger partial charge >= 0.3 is 0 Å². The summed E-state index contributed by atoms with van der Waals surface area (Å²) in [5.41, 5.74) is 4.28. The summed E-state index contributed by atoms with van der Waals surface area (Å²) in [7, 11) is 0. The Morgan fingerprint density at radius 1 is 1.35 bits per heavy atom. The highest BCUT2D eigenvalue weighted by Gasteiger charge is 2.18. The zero-order valence-electron chi connectivity index (χ0n) is 11.3. The minimum Gasteiger partial charge on any atom is -0.369 e. The first-order chi connectivity index (χ1) is 8.24. The molecule has 2 rings (SSSR count). The van der Waals surface area contributed by atoms with Crippen molar-refractivity contribution in [1.29, 1.82) is 0 Å². The molecule has 1 saturated heterocycles. The Hall–Kier alpha value is -1.02. The third-order valence-electron chi connectivity index (χ3n) is 3.82. The van der Waals surface area contributed by atoms with Crippen molar-refractivity contribution < 1.29 is 0 Å². The fourth-order valence-electron chi connectivity index (χ4n) is 2.61. The van der Waals surface area contributed by atoms with Gasteiger partial charge in [0.25, 0.3) is 0 Å². The molecule has 1 unspecified atom stereocenters. The molecular weight excluding hydrogens is 208 g/mol. The lowest BCUT2D eigenvalue weighted by Gasteiger charge is -2.35. The summed E-state index contributed by atoms with van der Waals surface area (Å²) < 4.78 is 0. The lowest BCUT2D eigenvalue weighted by atomic mass is 10.0. The van der Waals surface area contributed by atoms with E-state index in [9.17, 15) is 0 Å². The van der Waals surface area contributed by atoms with E-state index in [2.05, 4.69) is 49.2 Å². The van der Waals surface area contributed by atoms with Gasteiger partial charge in [-0.1, -0.05) is 19.9 Å². The topological polar surface area (TPSA) is 15.3 Å². The van der Waals surface area contributed by atoms with E-state index in [-0.39, 0.29) is 0 Å². The highest BCUT2D eigenvalue weighted by molar-refractivity contribution is 5.51. The number of hydrogen-bond acceptors (Lipinski definition) is 2. The normalized spacial score (nSPS) is 20.6. The van der Waals surface area contributed by atoms with Crippen LogP contribution >= 0.6 is 0 Å². The van der Waals surface area contributed by atoms with Gasteiger partial charge in [-0.25, -0.2) is 0 Å². The fraction of sp³-hybridized carbons (Fsp3) is 0.600. The van der Waals surface area contributed by atoms with Crippen LogP contribution < -0.4 is 10.2 Å². The Bertz CT molecular complexity index is 373. The van der Waals surface area contributed by atoms with Crippen molar-refractivity contribution in [3.63, 3.8) is 0 Å². The molecule has 1 aromatic rings. The average Bonchev–Trinajstić information content (AvgIpc) is 2.38. The summed E-state index contributed by atoms with van der Waals surface area (Å²) in [5.74, 6) is 0. The van der Waals surface area contributed by atoms with Crippen LogP contribution in [0.5, 0.6) is 0 Å². The molecule has 0 aliphatic carbocycles. The molecule has 1 heterocycles. The van der Waals surface area contributed by atoms with E-state index in [4.69, 9.17) is 0 Å². The van der Waals surface area contributed by atoms with Crippen LogP contribution in [0.15, 0.2) is 18.2 Å². The summed E-state index contributed by atoms with van der Waals surface area (Å²) >= 11 is 0. The highest BCUT2D eigenvalue weighted by atomic mass is 15.2. The molecular formula is C15H24N2. The number of piperazine rings is 1. The van der Waals surface area contributed by atoms with Crippen LogP contribution in [0.4, 0.5) is 5.69 Å². The van der Waals surface area contributed by atoms with Crippen LogP contribution in [0, 0.1) is 6.92 Å². The van der Waals surface area contributed by atoms with Gasteiger partial charge in [-0.2, -0.15) is 0 Å². The lowest BCUT2D eigenvalue weighted by molar-refractivity contribution is 0.447. The molecule has 1 fully saturated rings. The predicted molar refractivity (Wildman–Crippen MR) is 74.9 cm³/mol. The Morgan fingerprint density at radius 3 is 2.82 bits per heavy atom. The van der Waals surface area contributed by atoms with Crippen LogP contribution in [0.1, 0.15) is 31.4 Å². The van der Waals surface area contributed by atoms with Gasteiger partial charge in [0.15, 0.2) is 0 Å². The Labute approximate surface area is 105 Å². The number of anilines is 1. The second-order valence-corrected chi connectivity index (χ2v) is 4.97. The minimum absolute atomic E-state index is 0.648. The molecule has 2 heteroatoms. The van der Waals surface area contributed by atoms with Gasteiger partial charge in [0.1, 0.15) is 0 Å². The maximum atomic E-state index is 3.56. The molecule has 1 aromatic carbocycles. The van der Waals surface area contributed by atoms with Crippen molar-refractivity contribution in [1.82, 2.24) is 5.32 Å². The number of benzene rings is 1.